The molecule has 0 atom stereocenters. The Morgan fingerprint density at radius 3 is 2.33 bits per heavy atom. The molecule has 3 nitrogen and oxygen atoms in total. The standard InChI is InChI=1S/C15H31N3/c1-3-18-11-7-14(8-12-18)17(2)13-15(16)9-5-4-6-10-15/h14H,3-13,16H2,1-2H3. The maximum Gasteiger partial charge on any atom is 0.0283 e. The lowest BCUT2D eigenvalue weighted by Gasteiger charge is -2.42. The van der Waals surface area contributed by atoms with Gasteiger partial charge in [-0.15, -0.1) is 0 Å². The first-order valence-electron chi connectivity index (χ1n) is 7.84. The molecule has 3 heteroatoms. The average molecular weight is 253 g/mol. The Labute approximate surface area is 113 Å². The number of nitrogens with zero attached hydrogens (tertiary/aromatic N) is 2. The van der Waals surface area contributed by atoms with Crippen LogP contribution in [-0.4, -0.2) is 54.6 Å². The number of hydrogen-bond acceptors (Lipinski definition) is 3. The minimum Gasteiger partial charge on any atom is -0.324 e. The lowest BCUT2D eigenvalue weighted by atomic mass is 9.82. The third-order valence-corrected chi connectivity index (χ3v) is 5.04. The van der Waals surface area contributed by atoms with E-state index in [-0.39, 0.29) is 5.54 Å². The number of hydrogen-bond donors (Lipinski definition) is 1. The number of piperidine rings is 1. The summed E-state index contributed by atoms with van der Waals surface area (Å²) in [6, 6.07) is 0.759. The van der Waals surface area contributed by atoms with E-state index in [1.165, 1.54) is 64.6 Å². The third kappa shape index (κ3) is 3.69. The fraction of sp³-hybridized carbons (Fsp3) is 1.00. The molecule has 2 rings (SSSR count). The molecule has 0 aromatic carbocycles. The molecule has 2 aliphatic rings. The highest BCUT2D eigenvalue weighted by molar-refractivity contribution is 4.91. The van der Waals surface area contributed by atoms with Crippen molar-refractivity contribution < 1.29 is 0 Å². The molecule has 2 N–H and O–H groups in total. The molecule has 0 spiro atoms. The van der Waals surface area contributed by atoms with E-state index in [2.05, 4.69) is 23.8 Å². The SMILES string of the molecule is CCN1CCC(N(C)CC2(N)CCCCC2)CC1. The number of rotatable bonds is 4. The fourth-order valence-electron chi connectivity index (χ4n) is 3.72. The van der Waals surface area contributed by atoms with Crippen LogP contribution in [0.15, 0.2) is 0 Å². The second kappa shape index (κ2) is 6.36. The van der Waals surface area contributed by atoms with E-state index in [0.717, 1.165) is 12.6 Å². The number of nitrogens with two attached hydrogens (primary N) is 1. The summed E-state index contributed by atoms with van der Waals surface area (Å²) in [7, 11) is 2.29. The number of likely N-dealkylation sites (N-methyl/N-ethyl adjacent to an activating group) is 1. The van der Waals surface area contributed by atoms with Crippen molar-refractivity contribution in [1.29, 1.82) is 0 Å². The summed E-state index contributed by atoms with van der Waals surface area (Å²) < 4.78 is 0. The van der Waals surface area contributed by atoms with Crippen molar-refractivity contribution in [2.45, 2.75) is 63.5 Å². The molecule has 1 heterocycles. The molecular formula is C15H31N3. The molecule has 1 aliphatic carbocycles. The van der Waals surface area contributed by atoms with Crippen LogP contribution in [-0.2, 0) is 0 Å². The van der Waals surface area contributed by atoms with Gasteiger partial charge in [0.25, 0.3) is 0 Å². The topological polar surface area (TPSA) is 32.5 Å². The molecule has 0 unspecified atom stereocenters. The highest BCUT2D eigenvalue weighted by Crippen LogP contribution is 2.28. The van der Waals surface area contributed by atoms with Crippen molar-refractivity contribution in [2.75, 3.05) is 33.2 Å². The van der Waals surface area contributed by atoms with E-state index in [9.17, 15) is 0 Å². The Bertz CT molecular complexity index is 240. The van der Waals surface area contributed by atoms with Gasteiger partial charge in [-0.1, -0.05) is 26.2 Å². The largest absolute Gasteiger partial charge is 0.324 e. The summed E-state index contributed by atoms with van der Waals surface area (Å²) in [6.07, 6.45) is 9.14. The fourth-order valence-corrected chi connectivity index (χ4v) is 3.72. The van der Waals surface area contributed by atoms with Gasteiger partial charge in [-0.2, -0.15) is 0 Å². The van der Waals surface area contributed by atoms with Gasteiger partial charge in [0.15, 0.2) is 0 Å². The quantitative estimate of drug-likeness (QED) is 0.832. The summed E-state index contributed by atoms with van der Waals surface area (Å²) in [5.41, 5.74) is 6.67. The average Bonchev–Trinajstić information content (AvgIpc) is 2.39. The monoisotopic (exact) mass is 253 g/mol. The molecule has 0 aromatic heterocycles. The summed E-state index contributed by atoms with van der Waals surface area (Å²) in [4.78, 5) is 5.11. The Balaban J connectivity index is 1.79. The van der Waals surface area contributed by atoms with Crippen molar-refractivity contribution in [3.05, 3.63) is 0 Å². The van der Waals surface area contributed by atoms with Crippen LogP contribution in [0.3, 0.4) is 0 Å². The molecule has 0 aromatic rings. The van der Waals surface area contributed by atoms with Gasteiger partial charge in [0.05, 0.1) is 0 Å². The Kier molecular flexibility index (Phi) is 5.05. The van der Waals surface area contributed by atoms with Crippen molar-refractivity contribution in [1.82, 2.24) is 9.80 Å². The van der Waals surface area contributed by atoms with Crippen LogP contribution in [0.5, 0.6) is 0 Å². The Morgan fingerprint density at radius 1 is 1.17 bits per heavy atom. The van der Waals surface area contributed by atoms with Crippen LogP contribution < -0.4 is 5.73 Å². The van der Waals surface area contributed by atoms with E-state index in [0.29, 0.717) is 0 Å². The van der Waals surface area contributed by atoms with Gasteiger partial charge >= 0.3 is 0 Å². The van der Waals surface area contributed by atoms with Gasteiger partial charge in [-0.3, -0.25) is 0 Å². The first-order valence-corrected chi connectivity index (χ1v) is 7.84. The maximum absolute atomic E-state index is 6.57. The first kappa shape index (κ1) is 14.3. The van der Waals surface area contributed by atoms with Crippen LogP contribution in [0.4, 0.5) is 0 Å². The molecule has 0 bridgehead atoms. The maximum atomic E-state index is 6.57. The van der Waals surface area contributed by atoms with E-state index in [4.69, 9.17) is 5.73 Å². The summed E-state index contributed by atoms with van der Waals surface area (Å²) in [5, 5.41) is 0. The highest BCUT2D eigenvalue weighted by atomic mass is 15.2. The molecule has 1 aliphatic heterocycles. The predicted molar refractivity (Wildman–Crippen MR) is 77.8 cm³/mol. The zero-order chi connectivity index (χ0) is 13.0. The van der Waals surface area contributed by atoms with Gasteiger partial charge < -0.3 is 15.5 Å². The number of likely N-dealkylation sites (tertiary alicyclic amines) is 1. The Morgan fingerprint density at radius 2 is 1.78 bits per heavy atom. The van der Waals surface area contributed by atoms with Crippen LogP contribution >= 0.6 is 0 Å². The lowest BCUT2D eigenvalue weighted by molar-refractivity contribution is 0.101. The van der Waals surface area contributed by atoms with E-state index in [1.807, 2.05) is 0 Å². The van der Waals surface area contributed by atoms with Gasteiger partial charge in [0, 0.05) is 18.1 Å². The molecule has 2 fully saturated rings. The van der Waals surface area contributed by atoms with Crippen LogP contribution in [0.25, 0.3) is 0 Å². The van der Waals surface area contributed by atoms with Crippen molar-refractivity contribution in [3.63, 3.8) is 0 Å². The minimum atomic E-state index is 0.106. The molecule has 0 radical (unpaired) electrons. The van der Waals surface area contributed by atoms with Crippen LogP contribution in [0, 0.1) is 0 Å². The van der Waals surface area contributed by atoms with Crippen molar-refractivity contribution in [3.8, 4) is 0 Å². The molecule has 1 saturated heterocycles. The normalized spacial score (nSPS) is 26.7. The first-order chi connectivity index (χ1) is 8.63. The van der Waals surface area contributed by atoms with Crippen LogP contribution in [0.2, 0.25) is 0 Å². The van der Waals surface area contributed by atoms with Crippen molar-refractivity contribution >= 4 is 0 Å². The molecule has 0 amide bonds. The Hall–Kier alpha value is -0.120. The molecule has 1 saturated carbocycles. The smallest absolute Gasteiger partial charge is 0.0283 e. The zero-order valence-corrected chi connectivity index (χ0v) is 12.3. The van der Waals surface area contributed by atoms with E-state index >= 15 is 0 Å². The van der Waals surface area contributed by atoms with Gasteiger partial charge in [-0.25, -0.2) is 0 Å². The van der Waals surface area contributed by atoms with Crippen molar-refractivity contribution in [2.24, 2.45) is 5.73 Å². The van der Waals surface area contributed by atoms with E-state index < -0.39 is 0 Å². The third-order valence-electron chi connectivity index (χ3n) is 5.04. The van der Waals surface area contributed by atoms with Gasteiger partial charge in [0.1, 0.15) is 0 Å². The molecule has 106 valence electrons. The zero-order valence-electron chi connectivity index (χ0n) is 12.3. The lowest BCUT2D eigenvalue weighted by Crippen LogP contribution is -2.54. The molecular weight excluding hydrogens is 222 g/mol. The second-order valence-electron chi connectivity index (χ2n) is 6.50. The highest BCUT2D eigenvalue weighted by Gasteiger charge is 2.31. The summed E-state index contributed by atoms with van der Waals surface area (Å²) >= 11 is 0. The van der Waals surface area contributed by atoms with E-state index in [1.54, 1.807) is 0 Å². The molecule has 18 heavy (non-hydrogen) atoms. The minimum absolute atomic E-state index is 0.106. The van der Waals surface area contributed by atoms with Gasteiger partial charge in [-0.05, 0) is 52.4 Å². The summed E-state index contributed by atoms with van der Waals surface area (Å²) in [5.74, 6) is 0. The van der Waals surface area contributed by atoms with Gasteiger partial charge in [0.2, 0.25) is 0 Å². The summed E-state index contributed by atoms with van der Waals surface area (Å²) in [6.45, 7) is 7.11. The predicted octanol–water partition coefficient (Wildman–Crippen LogP) is 2.06. The second-order valence-corrected chi connectivity index (χ2v) is 6.50. The van der Waals surface area contributed by atoms with Crippen LogP contribution in [0.1, 0.15) is 51.9 Å².